The third kappa shape index (κ3) is 7.14. The molecule has 65 heavy (non-hydrogen) atoms. The monoisotopic (exact) mass is 909 g/mol. The lowest BCUT2D eigenvalue weighted by molar-refractivity contribution is -0.138. The Morgan fingerprint density at radius 3 is 2.25 bits per heavy atom. The Balaban J connectivity index is 1.14. The van der Waals surface area contributed by atoms with E-state index in [1.54, 1.807) is 88.1 Å². The summed E-state index contributed by atoms with van der Waals surface area (Å²) >= 11 is 12.8. The summed E-state index contributed by atoms with van der Waals surface area (Å²) in [5, 5.41) is 13.8. The number of amides is 4. The van der Waals surface area contributed by atoms with Gasteiger partial charge in [-0.15, -0.1) is 6.58 Å². The van der Waals surface area contributed by atoms with E-state index in [0.717, 1.165) is 16.1 Å². The van der Waals surface area contributed by atoms with Gasteiger partial charge in [-0.3, -0.25) is 29.5 Å². The number of allylic oxidation sites excluding steroid dienone is 3. The molecule has 3 fully saturated rings. The van der Waals surface area contributed by atoms with E-state index in [-0.39, 0.29) is 41.1 Å². The van der Waals surface area contributed by atoms with Crippen LogP contribution >= 0.6 is 23.2 Å². The molecule has 4 aliphatic rings. The number of hydrogen-bond acceptors (Lipinski definition) is 9. The number of anilines is 2. The van der Waals surface area contributed by atoms with Crippen LogP contribution in [0.15, 0.2) is 127 Å². The van der Waals surface area contributed by atoms with Crippen LogP contribution in [0.5, 0.6) is 23.0 Å². The van der Waals surface area contributed by atoms with E-state index in [4.69, 9.17) is 37.4 Å². The van der Waals surface area contributed by atoms with Gasteiger partial charge in [0.25, 0.3) is 11.8 Å². The van der Waals surface area contributed by atoms with Crippen molar-refractivity contribution in [2.24, 2.45) is 23.7 Å². The number of phenols is 1. The highest BCUT2D eigenvalue weighted by Gasteiger charge is 2.70. The van der Waals surface area contributed by atoms with Crippen molar-refractivity contribution < 1.29 is 38.5 Å². The third-order valence-electron chi connectivity index (χ3n) is 13.4. The fourth-order valence-electron chi connectivity index (χ4n) is 10.5. The standard InChI is InChI=1S/C52H45Cl2N3O8/c1-5-7-30-8-6-9-39(47(30)58)46-37-22-23-38-45(50(61)56(48(38)59)34-17-11-29(12-18-34)10-13-31-26-36(64-3)21-25-44(31)65-4)40(37)28-41-49(60)57(55-43-24-16-33(53)27-42(43)54)51(62)52(41,46)32-14-19-35(63-2)20-15-32/h5-6,8-22,24-27,38,40-41,45-46,55,58H,1,7,23,28H2,2-4H3/t38-,40+,41-,45-,46+,52+/m0/s1. The molecule has 0 spiro atoms. The summed E-state index contributed by atoms with van der Waals surface area (Å²) in [6, 6.07) is 29.7. The Hall–Kier alpha value is -6.82. The van der Waals surface area contributed by atoms with E-state index in [1.165, 1.54) is 11.0 Å². The number of carbonyl (C=O) groups excluding carboxylic acids is 4. The van der Waals surface area contributed by atoms with Gasteiger partial charge in [0.05, 0.1) is 60.9 Å². The number of halogens is 2. The highest BCUT2D eigenvalue weighted by molar-refractivity contribution is 6.36. The van der Waals surface area contributed by atoms with E-state index in [9.17, 15) is 14.7 Å². The summed E-state index contributed by atoms with van der Waals surface area (Å²) in [6.45, 7) is 3.89. The number of hydrogen-bond donors (Lipinski definition) is 2. The van der Waals surface area contributed by atoms with Gasteiger partial charge < -0.3 is 19.3 Å². The molecule has 0 aromatic heterocycles. The van der Waals surface area contributed by atoms with Crippen LogP contribution in [-0.2, 0) is 31.0 Å². The molecule has 2 N–H and O–H groups in total. The second-order valence-electron chi connectivity index (χ2n) is 16.6. The second kappa shape index (κ2) is 17.3. The quantitative estimate of drug-likeness (QED) is 0.0713. The molecule has 11 nitrogen and oxygen atoms in total. The van der Waals surface area contributed by atoms with Gasteiger partial charge in [0.2, 0.25) is 11.8 Å². The molecule has 0 unspecified atom stereocenters. The van der Waals surface area contributed by atoms with Gasteiger partial charge in [0, 0.05) is 22.1 Å². The van der Waals surface area contributed by atoms with Crippen LogP contribution < -0.4 is 24.5 Å². The zero-order valence-electron chi connectivity index (χ0n) is 35.8. The molecule has 2 aliphatic heterocycles. The minimum Gasteiger partial charge on any atom is -0.507 e. The van der Waals surface area contributed by atoms with Crippen molar-refractivity contribution in [3.05, 3.63) is 165 Å². The molecule has 330 valence electrons. The van der Waals surface area contributed by atoms with Crippen LogP contribution in [-0.4, -0.2) is 55.1 Å². The van der Waals surface area contributed by atoms with Gasteiger partial charge in [0.15, 0.2) is 0 Å². The summed E-state index contributed by atoms with van der Waals surface area (Å²) in [7, 11) is 4.74. The molecule has 0 bridgehead atoms. The number of ether oxygens (including phenoxy) is 3. The van der Waals surface area contributed by atoms with Crippen molar-refractivity contribution in [2.45, 2.75) is 30.6 Å². The topological polar surface area (TPSA) is 135 Å². The number of phenolic OH excluding ortho intramolecular Hbond substituents is 1. The predicted octanol–water partition coefficient (Wildman–Crippen LogP) is 9.81. The number of aromatic hydroxyl groups is 1. The molecule has 2 heterocycles. The van der Waals surface area contributed by atoms with E-state index in [0.29, 0.717) is 56.6 Å². The van der Waals surface area contributed by atoms with Crippen LogP contribution in [0.25, 0.3) is 12.2 Å². The Morgan fingerprint density at radius 1 is 0.815 bits per heavy atom. The molecule has 2 saturated heterocycles. The van der Waals surface area contributed by atoms with Gasteiger partial charge in [-0.2, -0.15) is 5.01 Å². The minimum absolute atomic E-state index is 0.0467. The number of para-hydroxylation sites is 1. The number of methoxy groups -OCH3 is 3. The normalized spacial score (nSPS) is 23.5. The highest BCUT2D eigenvalue weighted by Crippen LogP contribution is 2.65. The average Bonchev–Trinajstić information content (AvgIpc) is 3.70. The lowest BCUT2D eigenvalue weighted by atomic mass is 9.49. The number of nitrogens with one attached hydrogen (secondary N) is 1. The molecule has 5 aromatic rings. The largest absolute Gasteiger partial charge is 0.507 e. The van der Waals surface area contributed by atoms with Crippen molar-refractivity contribution in [3.8, 4) is 23.0 Å². The number of rotatable bonds is 12. The van der Waals surface area contributed by atoms with Gasteiger partial charge in [0.1, 0.15) is 23.0 Å². The molecule has 6 atom stereocenters. The molecule has 13 heteroatoms. The first-order valence-electron chi connectivity index (χ1n) is 21.2. The fourth-order valence-corrected chi connectivity index (χ4v) is 10.9. The van der Waals surface area contributed by atoms with Crippen LogP contribution in [0.2, 0.25) is 10.0 Å². The maximum absolute atomic E-state index is 15.7. The van der Waals surface area contributed by atoms with Crippen molar-refractivity contribution >= 4 is 70.4 Å². The van der Waals surface area contributed by atoms with Gasteiger partial charge in [-0.05, 0) is 103 Å². The number of nitrogens with zero attached hydrogens (tertiary/aromatic N) is 2. The summed E-state index contributed by atoms with van der Waals surface area (Å²) in [5.41, 5.74) is 5.91. The van der Waals surface area contributed by atoms with E-state index >= 15 is 9.59 Å². The van der Waals surface area contributed by atoms with Crippen molar-refractivity contribution in [2.75, 3.05) is 31.7 Å². The molecule has 0 radical (unpaired) electrons. The van der Waals surface area contributed by atoms with Crippen molar-refractivity contribution in [1.29, 1.82) is 0 Å². The average molecular weight is 911 g/mol. The first-order chi connectivity index (χ1) is 31.4. The van der Waals surface area contributed by atoms with Gasteiger partial charge in [-0.1, -0.05) is 95.5 Å². The van der Waals surface area contributed by atoms with Gasteiger partial charge >= 0.3 is 0 Å². The molecular weight excluding hydrogens is 865 g/mol. The Morgan fingerprint density at radius 2 is 1.55 bits per heavy atom. The Bertz CT molecular complexity index is 2820. The number of benzene rings is 5. The van der Waals surface area contributed by atoms with Crippen LogP contribution in [0.3, 0.4) is 0 Å². The number of fused-ring (bicyclic) bond motifs is 4. The summed E-state index contributed by atoms with van der Waals surface area (Å²) < 4.78 is 16.4. The molecule has 2 aliphatic carbocycles. The number of hydrazine groups is 1. The van der Waals surface area contributed by atoms with Gasteiger partial charge in [-0.25, -0.2) is 0 Å². The molecule has 1 saturated carbocycles. The third-order valence-corrected chi connectivity index (χ3v) is 14.0. The first kappa shape index (κ1) is 43.4. The van der Waals surface area contributed by atoms with E-state index in [1.807, 2.05) is 54.6 Å². The van der Waals surface area contributed by atoms with Crippen molar-refractivity contribution in [1.82, 2.24) is 5.01 Å². The lowest BCUT2D eigenvalue weighted by Crippen LogP contribution is -2.53. The summed E-state index contributed by atoms with van der Waals surface area (Å²) in [5.74, 6) is -4.26. The lowest BCUT2D eigenvalue weighted by Gasteiger charge is -2.50. The zero-order chi connectivity index (χ0) is 45.7. The van der Waals surface area contributed by atoms with Crippen molar-refractivity contribution in [3.63, 3.8) is 0 Å². The van der Waals surface area contributed by atoms with Crippen LogP contribution in [0.4, 0.5) is 11.4 Å². The Kier molecular flexibility index (Phi) is 11.5. The number of imide groups is 2. The Labute approximate surface area is 386 Å². The maximum atomic E-state index is 15.7. The second-order valence-corrected chi connectivity index (χ2v) is 17.4. The highest BCUT2D eigenvalue weighted by atomic mass is 35.5. The molecule has 5 aromatic carbocycles. The minimum atomic E-state index is -1.64. The van der Waals surface area contributed by atoms with E-state index < -0.39 is 46.8 Å². The molecular formula is C52H45Cl2N3O8. The predicted molar refractivity (Wildman–Crippen MR) is 250 cm³/mol. The number of carbonyl (C=O) groups is 4. The smallest absolute Gasteiger partial charge is 0.260 e. The zero-order valence-corrected chi connectivity index (χ0v) is 37.3. The molecule has 4 amide bonds. The van der Waals surface area contributed by atoms with E-state index in [2.05, 4.69) is 12.0 Å². The first-order valence-corrected chi connectivity index (χ1v) is 21.9. The fraction of sp³-hybridized carbons (Fsp3) is 0.231. The van der Waals surface area contributed by atoms with Crippen LogP contribution in [0, 0.1) is 23.7 Å². The SMILES string of the molecule is C=CCc1cccc([C@H]2C3=CC[C@@H]4C(=O)N(c5ccc(C=Cc6cc(OC)ccc6OC)cc5)C(=O)[C@@H]4[C@@H]3C[C@H]3C(=O)N(Nc4ccc(Cl)cc4Cl)C(=O)[C@@]23c2ccc(OC)cc2)c1O. The summed E-state index contributed by atoms with van der Waals surface area (Å²) in [6.07, 6.45) is 8.04. The summed E-state index contributed by atoms with van der Waals surface area (Å²) in [4.78, 5) is 61.6. The maximum Gasteiger partial charge on any atom is 0.260 e. The molecule has 9 rings (SSSR count). The van der Waals surface area contributed by atoms with Crippen LogP contribution in [0.1, 0.15) is 46.6 Å².